The number of nitrogens with zero attached hydrogens (tertiary/aromatic N) is 2. The quantitative estimate of drug-likeness (QED) is 0.115. The number of aryl methyl sites for hydroxylation is 2. The van der Waals surface area contributed by atoms with Crippen molar-refractivity contribution in [1.82, 2.24) is 19.1 Å². The molecule has 4 rings (SSSR count). The molecule has 0 spiro atoms. The van der Waals surface area contributed by atoms with E-state index in [0.29, 0.717) is 5.94 Å². The third-order valence-corrected chi connectivity index (χ3v) is 9.63. The van der Waals surface area contributed by atoms with Gasteiger partial charge in [-0.2, -0.15) is 0 Å². The van der Waals surface area contributed by atoms with Crippen molar-refractivity contribution in [2.75, 3.05) is 38.6 Å². The molecule has 0 amide bonds. The van der Waals surface area contributed by atoms with Crippen LogP contribution in [-0.2, 0) is 39.6 Å². The van der Waals surface area contributed by atoms with Gasteiger partial charge in [0.1, 0.15) is 24.7 Å². The van der Waals surface area contributed by atoms with E-state index >= 15 is 0 Å². The zero-order chi connectivity index (χ0) is 31.3. The maximum Gasteiger partial charge on any atom is 0.330 e. The Morgan fingerprint density at radius 3 is 1.79 bits per heavy atom. The number of rotatable bonds is 14. The lowest BCUT2D eigenvalue weighted by atomic mass is 10.2. The first-order chi connectivity index (χ1) is 20.5. The molecule has 4 N–H and O–H groups in total. The molecule has 0 aromatic carbocycles. The van der Waals surface area contributed by atoms with E-state index in [2.05, 4.69) is 9.97 Å². The third kappa shape index (κ3) is 8.20. The minimum Gasteiger partial charge on any atom is -0.394 e. The topological polar surface area (TPSA) is 206 Å². The number of aromatic amines is 2. The zero-order valence-electron chi connectivity index (χ0n) is 23.7. The van der Waals surface area contributed by atoms with Crippen LogP contribution in [0.25, 0.3) is 0 Å². The molecule has 2 aliphatic rings. The summed E-state index contributed by atoms with van der Waals surface area (Å²) in [4.78, 5) is 53.0. The highest BCUT2D eigenvalue weighted by molar-refractivity contribution is 8.07. The predicted octanol–water partition coefficient (Wildman–Crippen LogP) is -0.388. The van der Waals surface area contributed by atoms with Gasteiger partial charge in [0, 0.05) is 36.4 Å². The molecule has 2 fully saturated rings. The number of aliphatic hydroxyl groups excluding tert-OH is 2. The Morgan fingerprint density at radius 1 is 0.907 bits per heavy atom. The summed E-state index contributed by atoms with van der Waals surface area (Å²) in [7, 11) is 0. The Bertz CT molecular complexity index is 1440. The van der Waals surface area contributed by atoms with Crippen molar-refractivity contribution in [1.29, 1.82) is 0 Å². The van der Waals surface area contributed by atoms with Crippen molar-refractivity contribution in [2.24, 2.45) is 0 Å². The Balaban J connectivity index is 1.56. The molecule has 19 heteroatoms. The highest BCUT2D eigenvalue weighted by Crippen LogP contribution is 2.56. The Kier molecular flexibility index (Phi) is 11.7. The second-order valence-electron chi connectivity index (χ2n) is 9.94. The van der Waals surface area contributed by atoms with Gasteiger partial charge in [0.25, 0.3) is 11.1 Å². The van der Waals surface area contributed by atoms with Crippen LogP contribution in [0.5, 0.6) is 0 Å². The number of aliphatic hydroxyl groups is 2. The van der Waals surface area contributed by atoms with E-state index in [1.807, 2.05) is 6.26 Å². The van der Waals surface area contributed by atoms with Crippen molar-refractivity contribution in [3.63, 3.8) is 0 Å². The van der Waals surface area contributed by atoms with Crippen LogP contribution in [0, 0.1) is 13.8 Å². The average molecular weight is 667 g/mol. The molecule has 16 nitrogen and oxygen atoms in total. The SMILES string of the molecule is CSCOCCOP(=S)(O[C@H]1C[C@H](n2cc(C)c(=O)[nH]c2=O)O[C@@H]1CO)O[C@H]1C[C@H](n2cc(C)c(=O)[nH]c2=O)O[C@@H]1CO. The molecule has 2 aromatic heterocycles. The summed E-state index contributed by atoms with van der Waals surface area (Å²) in [6, 6.07) is 0. The largest absolute Gasteiger partial charge is 0.394 e. The Hall–Kier alpha value is -1.96. The van der Waals surface area contributed by atoms with Crippen molar-refractivity contribution in [2.45, 2.75) is 63.6 Å². The van der Waals surface area contributed by atoms with Crippen LogP contribution in [0.4, 0.5) is 0 Å². The first-order valence-corrected chi connectivity index (χ1v) is 17.3. The number of aromatic nitrogens is 4. The molecule has 0 unspecified atom stereocenters. The molecule has 43 heavy (non-hydrogen) atoms. The fourth-order valence-electron chi connectivity index (χ4n) is 4.66. The van der Waals surface area contributed by atoms with Crippen LogP contribution in [0.3, 0.4) is 0 Å². The van der Waals surface area contributed by atoms with E-state index in [-0.39, 0.29) is 37.2 Å². The number of thioether (sulfide) groups is 1. The first-order valence-electron chi connectivity index (χ1n) is 13.3. The summed E-state index contributed by atoms with van der Waals surface area (Å²) in [5.74, 6) is 0.421. The van der Waals surface area contributed by atoms with Gasteiger partial charge in [-0.25, -0.2) is 9.59 Å². The van der Waals surface area contributed by atoms with Gasteiger partial charge in [-0.05, 0) is 31.9 Å². The average Bonchev–Trinajstić information content (AvgIpc) is 3.55. The lowest BCUT2D eigenvalue weighted by molar-refractivity contribution is -0.0548. The second-order valence-corrected chi connectivity index (χ2v) is 13.7. The van der Waals surface area contributed by atoms with Crippen LogP contribution in [0.15, 0.2) is 31.6 Å². The van der Waals surface area contributed by atoms with Crippen molar-refractivity contribution < 1.29 is 38.0 Å². The van der Waals surface area contributed by atoms with Gasteiger partial charge in [-0.15, -0.1) is 11.8 Å². The lowest BCUT2D eigenvalue weighted by Gasteiger charge is -2.29. The van der Waals surface area contributed by atoms with Gasteiger partial charge in [0.2, 0.25) is 0 Å². The normalized spacial score (nSPS) is 25.9. The number of hydrogen-bond donors (Lipinski definition) is 4. The third-order valence-electron chi connectivity index (χ3n) is 6.84. The molecule has 0 aliphatic carbocycles. The standard InChI is InChI=1S/C24H35N4O12PS2/c1-13-8-27(23(33)25-21(13)31)19-6-15(17(10-29)37-19)39-41(42,36-5-4-35-12-43-3)40-16-7-20(38-18(16)11-30)28-9-14(2)22(32)26-24(28)34/h8-9,15-20,29-30H,4-7,10-12H2,1-3H3,(H,25,31,33)(H,26,32,34)/t15-,16-,17+,18+,19+,20+/m0/s1. The molecule has 6 atom stereocenters. The molecule has 240 valence electrons. The highest BCUT2D eigenvalue weighted by atomic mass is 32.5. The molecular formula is C24H35N4O12PS2. The summed E-state index contributed by atoms with van der Waals surface area (Å²) in [6.45, 7) is -1.40. The molecule has 2 saturated heterocycles. The van der Waals surface area contributed by atoms with Crippen LogP contribution < -0.4 is 22.5 Å². The summed E-state index contributed by atoms with van der Waals surface area (Å²) >= 11 is 7.24. The maximum atomic E-state index is 12.5. The van der Waals surface area contributed by atoms with Crippen LogP contribution in [-0.4, -0.2) is 92.4 Å². The van der Waals surface area contributed by atoms with Gasteiger partial charge in [0.15, 0.2) is 0 Å². The summed E-state index contributed by atoms with van der Waals surface area (Å²) in [6.07, 6.45) is -0.687. The number of nitrogens with one attached hydrogen (secondary N) is 2. The molecule has 2 aromatic rings. The molecule has 4 heterocycles. The monoisotopic (exact) mass is 666 g/mol. The van der Waals surface area contributed by atoms with E-state index < -0.39 is 79.3 Å². The van der Waals surface area contributed by atoms with E-state index in [9.17, 15) is 29.4 Å². The van der Waals surface area contributed by atoms with Gasteiger partial charge in [-0.1, -0.05) is 0 Å². The smallest absolute Gasteiger partial charge is 0.330 e. The van der Waals surface area contributed by atoms with Crippen LogP contribution >= 0.6 is 18.5 Å². The minimum absolute atomic E-state index is 0.00339. The van der Waals surface area contributed by atoms with E-state index in [4.69, 9.17) is 39.6 Å². The summed E-state index contributed by atoms with van der Waals surface area (Å²) < 4.78 is 37.9. The number of ether oxygens (including phenoxy) is 3. The van der Waals surface area contributed by atoms with Gasteiger partial charge < -0.3 is 38.0 Å². The molecular weight excluding hydrogens is 631 g/mol. The zero-order valence-corrected chi connectivity index (χ0v) is 26.2. The highest BCUT2D eigenvalue weighted by Gasteiger charge is 2.45. The summed E-state index contributed by atoms with van der Waals surface area (Å²) in [5, 5.41) is 20.1. The number of hydrogen-bond acceptors (Lipinski definition) is 14. The van der Waals surface area contributed by atoms with Gasteiger partial charge in [-0.3, -0.25) is 28.7 Å². The molecule has 0 bridgehead atoms. The molecule has 2 aliphatic heterocycles. The van der Waals surface area contributed by atoms with Crippen LogP contribution in [0.1, 0.15) is 36.4 Å². The van der Waals surface area contributed by atoms with Crippen LogP contribution in [0.2, 0.25) is 0 Å². The van der Waals surface area contributed by atoms with E-state index in [1.165, 1.54) is 33.3 Å². The Labute approximate surface area is 254 Å². The molecule has 0 radical (unpaired) electrons. The second kappa shape index (κ2) is 14.9. The van der Waals surface area contributed by atoms with E-state index in [0.717, 1.165) is 0 Å². The van der Waals surface area contributed by atoms with Gasteiger partial charge >= 0.3 is 18.1 Å². The first kappa shape index (κ1) is 33.9. The van der Waals surface area contributed by atoms with Crippen molar-refractivity contribution >= 4 is 30.3 Å². The molecule has 0 saturated carbocycles. The Morgan fingerprint density at radius 2 is 1.37 bits per heavy atom. The van der Waals surface area contributed by atoms with Gasteiger partial charge in [0.05, 0.1) is 44.6 Å². The van der Waals surface area contributed by atoms with Crippen molar-refractivity contribution in [3.8, 4) is 0 Å². The fourth-order valence-corrected chi connectivity index (χ4v) is 7.41. The predicted molar refractivity (Wildman–Crippen MR) is 158 cm³/mol. The maximum absolute atomic E-state index is 12.5. The minimum atomic E-state index is -3.69. The summed E-state index contributed by atoms with van der Waals surface area (Å²) in [5.41, 5.74) is -1.86. The number of H-pyrrole nitrogens is 2. The lowest BCUT2D eigenvalue weighted by Crippen LogP contribution is -2.33. The van der Waals surface area contributed by atoms with Crippen molar-refractivity contribution in [3.05, 3.63) is 65.2 Å². The van der Waals surface area contributed by atoms with E-state index in [1.54, 1.807) is 13.8 Å². The fraction of sp³-hybridized carbons (Fsp3) is 0.667.